The first-order chi connectivity index (χ1) is 10.1. The van der Waals surface area contributed by atoms with E-state index in [9.17, 15) is 9.59 Å². The summed E-state index contributed by atoms with van der Waals surface area (Å²) in [6.07, 6.45) is 1.84. The molecule has 21 heavy (non-hydrogen) atoms. The number of nitriles is 1. The highest BCUT2D eigenvalue weighted by atomic mass is 35.5. The smallest absolute Gasteiger partial charge is 0.335 e. The Morgan fingerprint density at radius 2 is 2.19 bits per heavy atom. The molecule has 0 aliphatic carbocycles. The summed E-state index contributed by atoms with van der Waals surface area (Å²) in [5.74, 6) is -1.14. The molecule has 0 saturated carbocycles. The Morgan fingerprint density at radius 1 is 1.43 bits per heavy atom. The molecule has 0 spiro atoms. The van der Waals surface area contributed by atoms with E-state index < -0.39 is 11.9 Å². The van der Waals surface area contributed by atoms with Crippen LogP contribution in [0.1, 0.15) is 16.8 Å². The van der Waals surface area contributed by atoms with Crippen molar-refractivity contribution in [3.8, 4) is 6.07 Å². The summed E-state index contributed by atoms with van der Waals surface area (Å²) < 4.78 is 0. The molecule has 0 atom stereocenters. The minimum absolute atomic E-state index is 0.106. The lowest BCUT2D eigenvalue weighted by Crippen LogP contribution is -2.26. The van der Waals surface area contributed by atoms with E-state index >= 15 is 0 Å². The molecule has 0 aliphatic rings. The minimum atomic E-state index is -1.05. The summed E-state index contributed by atoms with van der Waals surface area (Å²) in [5, 5.41) is 23.1. The highest BCUT2D eigenvalue weighted by molar-refractivity contribution is 6.17. The van der Waals surface area contributed by atoms with Crippen LogP contribution in [0.5, 0.6) is 0 Å². The van der Waals surface area contributed by atoms with Gasteiger partial charge in [-0.2, -0.15) is 5.26 Å². The molecule has 0 aromatic heterocycles. The Bertz CT molecular complexity index is 593. The molecule has 0 radical (unpaired) electrons. The number of rotatable bonds is 7. The van der Waals surface area contributed by atoms with E-state index in [-0.39, 0.29) is 11.1 Å². The number of carboxylic acid groups (broad SMARTS) is 1. The number of halogens is 1. The van der Waals surface area contributed by atoms with Crippen LogP contribution in [0.15, 0.2) is 36.0 Å². The molecule has 0 aliphatic heterocycles. The minimum Gasteiger partial charge on any atom is -0.478 e. The zero-order valence-corrected chi connectivity index (χ0v) is 11.9. The normalized spacial score (nSPS) is 10.6. The van der Waals surface area contributed by atoms with Crippen molar-refractivity contribution in [2.75, 3.05) is 17.7 Å². The fourth-order valence-corrected chi connectivity index (χ4v) is 1.54. The Balaban J connectivity index is 2.72. The van der Waals surface area contributed by atoms with Crippen LogP contribution >= 0.6 is 11.6 Å². The summed E-state index contributed by atoms with van der Waals surface area (Å²) in [6.45, 7) is 0.385. The topological polar surface area (TPSA) is 102 Å². The molecular formula is C14H14ClN3O3. The van der Waals surface area contributed by atoms with Crippen molar-refractivity contribution in [1.82, 2.24) is 5.32 Å². The van der Waals surface area contributed by atoms with Gasteiger partial charge >= 0.3 is 5.97 Å². The van der Waals surface area contributed by atoms with E-state index in [2.05, 4.69) is 10.6 Å². The number of hydrogen-bond acceptors (Lipinski definition) is 4. The van der Waals surface area contributed by atoms with E-state index in [4.69, 9.17) is 22.0 Å². The van der Waals surface area contributed by atoms with Crippen LogP contribution < -0.4 is 10.6 Å². The van der Waals surface area contributed by atoms with E-state index in [0.29, 0.717) is 24.5 Å². The third-order valence-corrected chi connectivity index (χ3v) is 2.72. The van der Waals surface area contributed by atoms with Crippen LogP contribution in [0.25, 0.3) is 0 Å². The van der Waals surface area contributed by atoms with Gasteiger partial charge in [-0.15, -0.1) is 11.6 Å². The summed E-state index contributed by atoms with van der Waals surface area (Å²) in [5.41, 5.74) is 0.472. The van der Waals surface area contributed by atoms with Gasteiger partial charge < -0.3 is 15.7 Å². The summed E-state index contributed by atoms with van der Waals surface area (Å²) in [4.78, 5) is 22.5. The third-order valence-electron chi connectivity index (χ3n) is 2.45. The fraction of sp³-hybridized carbons (Fsp3) is 0.214. The molecule has 110 valence electrons. The molecule has 7 heteroatoms. The molecular weight excluding hydrogens is 294 g/mol. The lowest BCUT2D eigenvalue weighted by Gasteiger charge is -2.05. The van der Waals surface area contributed by atoms with Gasteiger partial charge in [-0.1, -0.05) is 6.07 Å². The number of anilines is 1. The van der Waals surface area contributed by atoms with Crippen molar-refractivity contribution in [2.45, 2.75) is 6.42 Å². The number of amides is 1. The maximum absolute atomic E-state index is 11.7. The second-order valence-corrected chi connectivity index (χ2v) is 4.38. The highest BCUT2D eigenvalue weighted by Crippen LogP contribution is 2.11. The Kier molecular flexibility index (Phi) is 6.78. The van der Waals surface area contributed by atoms with Gasteiger partial charge in [-0.25, -0.2) is 4.79 Å². The van der Waals surface area contributed by atoms with Crippen LogP contribution in [0.2, 0.25) is 0 Å². The monoisotopic (exact) mass is 307 g/mol. The Morgan fingerprint density at radius 3 is 2.81 bits per heavy atom. The average Bonchev–Trinajstić information content (AvgIpc) is 2.48. The number of nitrogens with zero attached hydrogens (tertiary/aromatic N) is 1. The van der Waals surface area contributed by atoms with Crippen molar-refractivity contribution < 1.29 is 14.7 Å². The Hall–Kier alpha value is -2.52. The SMILES string of the molecule is N#C/C(=C/Nc1cccc(C(=O)O)c1)C(=O)NCCCCl. The predicted molar refractivity (Wildman–Crippen MR) is 79.1 cm³/mol. The number of benzene rings is 1. The fourth-order valence-electron chi connectivity index (χ4n) is 1.41. The number of nitrogens with one attached hydrogen (secondary N) is 2. The first-order valence-corrected chi connectivity index (χ1v) is 6.66. The second-order valence-electron chi connectivity index (χ2n) is 4.00. The maximum atomic E-state index is 11.7. The van der Waals surface area contributed by atoms with Gasteiger partial charge in [0.15, 0.2) is 0 Å². The number of aromatic carboxylic acids is 1. The zero-order valence-electron chi connectivity index (χ0n) is 11.1. The van der Waals surface area contributed by atoms with Gasteiger partial charge in [0.1, 0.15) is 11.6 Å². The number of alkyl halides is 1. The summed E-state index contributed by atoms with van der Waals surface area (Å²) in [7, 11) is 0. The lowest BCUT2D eigenvalue weighted by molar-refractivity contribution is -0.117. The van der Waals surface area contributed by atoms with Gasteiger partial charge in [-0.3, -0.25) is 4.79 Å². The molecule has 0 heterocycles. The van der Waals surface area contributed by atoms with Gasteiger partial charge in [0.25, 0.3) is 5.91 Å². The maximum Gasteiger partial charge on any atom is 0.335 e. The number of carboxylic acids is 1. The van der Waals surface area contributed by atoms with E-state index in [1.807, 2.05) is 0 Å². The number of hydrogen-bond donors (Lipinski definition) is 3. The van der Waals surface area contributed by atoms with E-state index in [1.54, 1.807) is 18.2 Å². The van der Waals surface area contributed by atoms with Crippen LogP contribution in [-0.4, -0.2) is 29.4 Å². The van der Waals surface area contributed by atoms with E-state index in [0.717, 1.165) is 0 Å². The Labute approximate surface area is 127 Å². The zero-order chi connectivity index (χ0) is 15.7. The van der Waals surface area contributed by atoms with Crippen molar-refractivity contribution in [3.05, 3.63) is 41.6 Å². The molecule has 6 nitrogen and oxygen atoms in total. The van der Waals surface area contributed by atoms with Gasteiger partial charge in [0, 0.05) is 24.3 Å². The van der Waals surface area contributed by atoms with Gasteiger partial charge in [0.05, 0.1) is 5.56 Å². The van der Waals surface area contributed by atoms with Crippen LogP contribution in [-0.2, 0) is 4.79 Å². The van der Waals surface area contributed by atoms with Crippen molar-refractivity contribution in [1.29, 1.82) is 5.26 Å². The predicted octanol–water partition coefficient (Wildman–Crippen LogP) is 1.95. The molecule has 0 saturated heterocycles. The molecule has 1 amide bonds. The molecule has 0 unspecified atom stereocenters. The summed E-state index contributed by atoms with van der Waals surface area (Å²) in [6, 6.07) is 7.81. The number of carbonyl (C=O) groups is 2. The average molecular weight is 308 g/mol. The quantitative estimate of drug-likeness (QED) is 0.309. The molecule has 1 aromatic rings. The van der Waals surface area contributed by atoms with Crippen LogP contribution in [0.3, 0.4) is 0 Å². The molecule has 1 rings (SSSR count). The molecule has 1 aromatic carbocycles. The summed E-state index contributed by atoms with van der Waals surface area (Å²) >= 11 is 5.49. The first kappa shape index (κ1) is 16.5. The van der Waals surface area contributed by atoms with Crippen LogP contribution in [0, 0.1) is 11.3 Å². The van der Waals surface area contributed by atoms with Crippen molar-refractivity contribution in [2.24, 2.45) is 0 Å². The van der Waals surface area contributed by atoms with Gasteiger partial charge in [-0.05, 0) is 24.6 Å². The van der Waals surface area contributed by atoms with Gasteiger partial charge in [0.2, 0.25) is 0 Å². The highest BCUT2D eigenvalue weighted by Gasteiger charge is 2.08. The van der Waals surface area contributed by atoms with Crippen molar-refractivity contribution >= 4 is 29.2 Å². The lowest BCUT2D eigenvalue weighted by atomic mass is 10.2. The first-order valence-electron chi connectivity index (χ1n) is 6.12. The molecule has 0 fully saturated rings. The standard InChI is InChI=1S/C14H14ClN3O3/c15-5-2-6-17-13(19)11(8-16)9-18-12-4-1-3-10(7-12)14(20)21/h1,3-4,7,9,18H,2,5-6H2,(H,17,19)(H,20,21)/b11-9-. The molecule has 0 bridgehead atoms. The molecule has 3 N–H and O–H groups in total. The van der Waals surface area contributed by atoms with Crippen molar-refractivity contribution in [3.63, 3.8) is 0 Å². The number of carbonyl (C=O) groups excluding carboxylic acids is 1. The third kappa shape index (κ3) is 5.55. The van der Waals surface area contributed by atoms with E-state index in [1.165, 1.54) is 18.3 Å². The second kappa shape index (κ2) is 8.61. The largest absolute Gasteiger partial charge is 0.478 e. The van der Waals surface area contributed by atoms with Crippen LogP contribution in [0.4, 0.5) is 5.69 Å².